The van der Waals surface area contributed by atoms with Gasteiger partial charge in [-0.2, -0.15) is 0 Å². The molecule has 2 aliphatic carbocycles. The van der Waals surface area contributed by atoms with Gasteiger partial charge >= 0.3 is 0 Å². The molecule has 2 aliphatic rings. The topological polar surface area (TPSA) is 50.9 Å². The Hall–Kier alpha value is -0.930. The fourth-order valence-corrected chi connectivity index (χ4v) is 4.15. The second kappa shape index (κ2) is 5.59. The average molecular weight is 259 g/mol. The smallest absolute Gasteiger partial charge is 0.0482 e. The monoisotopic (exact) mass is 259 g/mol. The first-order valence-electron chi connectivity index (χ1n) is 7.69. The summed E-state index contributed by atoms with van der Waals surface area (Å²) in [5.74, 6) is 7.99. The number of hydrogen-bond acceptors (Lipinski definition) is 3. The first-order valence-corrected chi connectivity index (χ1v) is 7.69. The summed E-state index contributed by atoms with van der Waals surface area (Å²) >= 11 is 0. The van der Waals surface area contributed by atoms with Crippen LogP contribution in [0.15, 0.2) is 18.3 Å². The predicted octanol–water partition coefficient (Wildman–Crippen LogP) is 2.77. The van der Waals surface area contributed by atoms with Crippen LogP contribution < -0.4 is 11.3 Å². The van der Waals surface area contributed by atoms with Gasteiger partial charge in [-0.15, -0.1) is 0 Å². The largest absolute Gasteiger partial charge is 0.271 e. The minimum Gasteiger partial charge on any atom is -0.271 e. The lowest BCUT2D eigenvalue weighted by Gasteiger charge is -2.34. The summed E-state index contributed by atoms with van der Waals surface area (Å²) in [4.78, 5) is 4.66. The fourth-order valence-electron chi connectivity index (χ4n) is 4.15. The molecular formula is C16H25N3. The Bertz CT molecular complexity index is 432. The van der Waals surface area contributed by atoms with Gasteiger partial charge in [0.15, 0.2) is 0 Å². The number of pyridine rings is 1. The van der Waals surface area contributed by atoms with E-state index in [0.29, 0.717) is 12.0 Å². The average Bonchev–Trinajstić information content (AvgIpc) is 2.86. The molecule has 0 aromatic carbocycles. The summed E-state index contributed by atoms with van der Waals surface area (Å²) in [6, 6.07) is 4.70. The van der Waals surface area contributed by atoms with Gasteiger partial charge in [0, 0.05) is 23.9 Å². The third-order valence-electron chi connectivity index (χ3n) is 5.11. The van der Waals surface area contributed by atoms with E-state index in [1.54, 1.807) is 0 Å². The van der Waals surface area contributed by atoms with Crippen molar-refractivity contribution in [1.82, 2.24) is 10.4 Å². The minimum absolute atomic E-state index is 0.402. The van der Waals surface area contributed by atoms with Gasteiger partial charge in [-0.25, -0.2) is 0 Å². The molecule has 0 aliphatic heterocycles. The minimum atomic E-state index is 0.402. The van der Waals surface area contributed by atoms with Gasteiger partial charge in [0.2, 0.25) is 0 Å². The zero-order valence-electron chi connectivity index (χ0n) is 11.8. The molecule has 0 spiro atoms. The molecule has 1 aromatic heterocycles. The highest BCUT2D eigenvalue weighted by molar-refractivity contribution is 5.27. The zero-order valence-corrected chi connectivity index (χ0v) is 11.8. The van der Waals surface area contributed by atoms with E-state index >= 15 is 0 Å². The maximum Gasteiger partial charge on any atom is 0.0482 e. The van der Waals surface area contributed by atoms with Crippen LogP contribution in [0.3, 0.4) is 0 Å². The molecule has 1 saturated carbocycles. The van der Waals surface area contributed by atoms with Crippen LogP contribution in [-0.2, 0) is 6.42 Å². The van der Waals surface area contributed by atoms with Crippen molar-refractivity contribution in [2.45, 2.75) is 57.4 Å². The number of nitrogens with one attached hydrogen (secondary N) is 1. The molecule has 1 heterocycles. The maximum atomic E-state index is 5.91. The van der Waals surface area contributed by atoms with E-state index in [1.807, 2.05) is 6.20 Å². The van der Waals surface area contributed by atoms with Crippen LogP contribution >= 0.6 is 0 Å². The zero-order chi connectivity index (χ0) is 13.2. The van der Waals surface area contributed by atoms with E-state index in [1.165, 1.54) is 49.8 Å². The van der Waals surface area contributed by atoms with E-state index in [4.69, 9.17) is 5.84 Å². The Balaban J connectivity index is 1.84. The number of hydrogen-bond donors (Lipinski definition) is 2. The van der Waals surface area contributed by atoms with Crippen molar-refractivity contribution < 1.29 is 0 Å². The van der Waals surface area contributed by atoms with Crippen LogP contribution in [0.25, 0.3) is 0 Å². The van der Waals surface area contributed by atoms with Gasteiger partial charge in [0.25, 0.3) is 0 Å². The highest BCUT2D eigenvalue weighted by Crippen LogP contribution is 2.41. The van der Waals surface area contributed by atoms with Crippen LogP contribution in [-0.4, -0.2) is 11.0 Å². The highest BCUT2D eigenvalue weighted by atomic mass is 15.2. The molecule has 19 heavy (non-hydrogen) atoms. The Labute approximate surface area is 116 Å². The highest BCUT2D eigenvalue weighted by Gasteiger charge is 2.36. The van der Waals surface area contributed by atoms with Gasteiger partial charge < -0.3 is 0 Å². The third-order valence-corrected chi connectivity index (χ3v) is 5.11. The van der Waals surface area contributed by atoms with Crippen LogP contribution in [0.2, 0.25) is 0 Å². The lowest BCUT2D eigenvalue weighted by atomic mass is 9.77. The van der Waals surface area contributed by atoms with E-state index in [9.17, 15) is 0 Å². The van der Waals surface area contributed by atoms with Crippen molar-refractivity contribution in [3.63, 3.8) is 0 Å². The van der Waals surface area contributed by atoms with Gasteiger partial charge in [-0.05, 0) is 55.6 Å². The van der Waals surface area contributed by atoms with Crippen molar-refractivity contribution in [3.05, 3.63) is 29.6 Å². The van der Waals surface area contributed by atoms with Crippen LogP contribution in [0.5, 0.6) is 0 Å². The standard InChI is InChI=1S/C16H25N3/c1-11-7-8-13(10-11)16(19-17)14-6-2-4-12-5-3-9-18-15(12)14/h3,5,9,11,13-14,16,19H,2,4,6-8,10,17H2,1H3. The summed E-state index contributed by atoms with van der Waals surface area (Å²) in [5, 5.41) is 0. The van der Waals surface area contributed by atoms with Crippen LogP contribution in [0, 0.1) is 11.8 Å². The van der Waals surface area contributed by atoms with Crippen LogP contribution in [0.1, 0.15) is 56.2 Å². The van der Waals surface area contributed by atoms with Gasteiger partial charge in [-0.1, -0.05) is 19.4 Å². The second-order valence-corrected chi connectivity index (χ2v) is 6.42. The predicted molar refractivity (Wildman–Crippen MR) is 77.5 cm³/mol. The Morgan fingerprint density at radius 2 is 2.26 bits per heavy atom. The Morgan fingerprint density at radius 3 is 3.00 bits per heavy atom. The fraction of sp³-hybridized carbons (Fsp3) is 0.688. The molecule has 4 unspecified atom stereocenters. The van der Waals surface area contributed by atoms with E-state index < -0.39 is 0 Å². The maximum absolute atomic E-state index is 5.91. The summed E-state index contributed by atoms with van der Waals surface area (Å²) in [6.45, 7) is 2.36. The number of hydrazine groups is 1. The quantitative estimate of drug-likeness (QED) is 0.648. The number of aromatic nitrogens is 1. The number of nitrogens with two attached hydrogens (primary N) is 1. The van der Waals surface area contributed by atoms with Gasteiger partial charge in [0.05, 0.1) is 0 Å². The number of fused-ring (bicyclic) bond motifs is 1. The van der Waals surface area contributed by atoms with E-state index in [-0.39, 0.29) is 0 Å². The molecule has 4 atom stereocenters. The van der Waals surface area contributed by atoms with Crippen molar-refractivity contribution >= 4 is 0 Å². The third kappa shape index (κ3) is 2.54. The number of rotatable bonds is 3. The molecule has 3 N–H and O–H groups in total. The molecule has 3 heteroatoms. The van der Waals surface area contributed by atoms with Crippen LogP contribution in [0.4, 0.5) is 0 Å². The van der Waals surface area contributed by atoms with E-state index in [0.717, 1.165) is 11.8 Å². The Morgan fingerprint density at radius 1 is 1.37 bits per heavy atom. The SMILES string of the molecule is CC1CCC(C(NN)C2CCCc3cccnc32)C1. The molecule has 3 rings (SSSR count). The summed E-state index contributed by atoms with van der Waals surface area (Å²) in [7, 11) is 0. The van der Waals surface area contributed by atoms with Crippen molar-refractivity contribution in [2.75, 3.05) is 0 Å². The number of aryl methyl sites for hydroxylation is 1. The summed E-state index contributed by atoms with van der Waals surface area (Å²) < 4.78 is 0. The molecule has 0 saturated heterocycles. The summed E-state index contributed by atoms with van der Waals surface area (Å²) in [6.07, 6.45) is 9.58. The molecule has 0 amide bonds. The molecule has 0 radical (unpaired) electrons. The lowest BCUT2D eigenvalue weighted by molar-refractivity contribution is 0.284. The number of nitrogens with zero attached hydrogens (tertiary/aromatic N) is 1. The van der Waals surface area contributed by atoms with Crippen molar-refractivity contribution in [3.8, 4) is 0 Å². The molecule has 104 valence electrons. The van der Waals surface area contributed by atoms with E-state index in [2.05, 4.69) is 29.5 Å². The molecule has 1 aromatic rings. The summed E-state index contributed by atoms with van der Waals surface area (Å²) in [5.41, 5.74) is 5.87. The van der Waals surface area contributed by atoms with Crippen molar-refractivity contribution in [2.24, 2.45) is 17.7 Å². The Kier molecular flexibility index (Phi) is 3.85. The molecule has 1 fully saturated rings. The first-order chi connectivity index (χ1) is 9.29. The molecular weight excluding hydrogens is 234 g/mol. The molecule has 0 bridgehead atoms. The lowest BCUT2D eigenvalue weighted by Crippen LogP contribution is -2.45. The first kappa shape index (κ1) is 13.1. The van der Waals surface area contributed by atoms with Crippen molar-refractivity contribution in [1.29, 1.82) is 0 Å². The van der Waals surface area contributed by atoms with Gasteiger partial charge in [0.1, 0.15) is 0 Å². The normalized spacial score (nSPS) is 32.0. The second-order valence-electron chi connectivity index (χ2n) is 6.42. The van der Waals surface area contributed by atoms with Gasteiger partial charge in [-0.3, -0.25) is 16.3 Å². The molecule has 3 nitrogen and oxygen atoms in total.